The SMILES string of the molecule is CN1C[C@@]2(CCN(C(=O)c3cc4ccc(Cl)cc4n3C)C2)OCC1=O. The van der Waals surface area contributed by atoms with E-state index in [0.717, 1.165) is 17.3 Å². The van der Waals surface area contributed by atoms with Gasteiger partial charge in [-0.25, -0.2) is 0 Å². The maximum atomic E-state index is 13.0. The number of ether oxygens (including phenoxy) is 1. The number of nitrogens with zero attached hydrogens (tertiary/aromatic N) is 3. The van der Waals surface area contributed by atoms with E-state index >= 15 is 0 Å². The van der Waals surface area contributed by atoms with E-state index in [9.17, 15) is 9.59 Å². The molecule has 3 heterocycles. The molecular formula is C18H20ClN3O3. The summed E-state index contributed by atoms with van der Waals surface area (Å²) in [6, 6.07) is 7.51. The van der Waals surface area contributed by atoms with Gasteiger partial charge < -0.3 is 19.1 Å². The van der Waals surface area contributed by atoms with Crippen LogP contribution >= 0.6 is 11.6 Å². The van der Waals surface area contributed by atoms with E-state index in [4.69, 9.17) is 16.3 Å². The molecule has 4 rings (SSSR count). The van der Waals surface area contributed by atoms with Gasteiger partial charge in [-0.1, -0.05) is 17.7 Å². The monoisotopic (exact) mass is 361 g/mol. The number of likely N-dealkylation sites (N-methyl/N-ethyl adjacent to an activating group) is 1. The number of carbonyl (C=O) groups excluding carboxylic acids is 2. The Morgan fingerprint density at radius 1 is 1.24 bits per heavy atom. The molecule has 1 atom stereocenters. The maximum Gasteiger partial charge on any atom is 0.270 e. The quantitative estimate of drug-likeness (QED) is 0.779. The number of hydrogen-bond donors (Lipinski definition) is 0. The molecule has 7 heteroatoms. The number of carbonyl (C=O) groups is 2. The molecule has 0 aliphatic carbocycles. The lowest BCUT2D eigenvalue weighted by molar-refractivity contribution is -0.158. The van der Waals surface area contributed by atoms with E-state index in [2.05, 4.69) is 0 Å². The number of benzene rings is 1. The van der Waals surface area contributed by atoms with E-state index in [1.165, 1.54) is 0 Å². The summed E-state index contributed by atoms with van der Waals surface area (Å²) in [6.45, 7) is 1.75. The Kier molecular flexibility index (Phi) is 3.77. The molecule has 0 saturated carbocycles. The zero-order chi connectivity index (χ0) is 17.8. The minimum Gasteiger partial charge on any atom is -0.361 e. The number of morpholine rings is 1. The molecule has 0 unspecified atom stereocenters. The van der Waals surface area contributed by atoms with Crippen LogP contribution in [0.3, 0.4) is 0 Å². The van der Waals surface area contributed by atoms with Crippen molar-refractivity contribution in [3.05, 3.63) is 35.0 Å². The topological polar surface area (TPSA) is 54.8 Å². The highest BCUT2D eigenvalue weighted by Crippen LogP contribution is 2.31. The Hall–Kier alpha value is -2.05. The summed E-state index contributed by atoms with van der Waals surface area (Å²) in [4.78, 5) is 28.2. The van der Waals surface area contributed by atoms with Crippen LogP contribution in [0.5, 0.6) is 0 Å². The van der Waals surface area contributed by atoms with E-state index in [1.54, 1.807) is 11.9 Å². The van der Waals surface area contributed by atoms with Gasteiger partial charge in [0, 0.05) is 36.6 Å². The van der Waals surface area contributed by atoms with Gasteiger partial charge >= 0.3 is 0 Å². The molecule has 2 aliphatic heterocycles. The molecule has 2 aromatic rings. The molecule has 6 nitrogen and oxygen atoms in total. The zero-order valence-electron chi connectivity index (χ0n) is 14.3. The number of hydrogen-bond acceptors (Lipinski definition) is 3. The first-order valence-corrected chi connectivity index (χ1v) is 8.69. The molecule has 1 spiro atoms. The van der Waals surface area contributed by atoms with Crippen molar-refractivity contribution in [3.63, 3.8) is 0 Å². The van der Waals surface area contributed by atoms with E-state index in [0.29, 0.717) is 30.4 Å². The van der Waals surface area contributed by atoms with Gasteiger partial charge in [0.05, 0.1) is 13.1 Å². The van der Waals surface area contributed by atoms with Crippen LogP contribution < -0.4 is 0 Å². The summed E-state index contributed by atoms with van der Waals surface area (Å²) < 4.78 is 7.70. The van der Waals surface area contributed by atoms with Crippen molar-refractivity contribution >= 4 is 34.3 Å². The zero-order valence-corrected chi connectivity index (χ0v) is 15.0. The third-order valence-electron chi connectivity index (χ3n) is 5.28. The lowest BCUT2D eigenvalue weighted by Gasteiger charge is -2.38. The van der Waals surface area contributed by atoms with Crippen LogP contribution in [0.4, 0.5) is 0 Å². The maximum absolute atomic E-state index is 13.0. The van der Waals surface area contributed by atoms with Crippen LogP contribution in [0, 0.1) is 0 Å². The van der Waals surface area contributed by atoms with Gasteiger partial charge in [-0.2, -0.15) is 0 Å². The molecule has 0 radical (unpaired) electrons. The van der Waals surface area contributed by atoms with E-state index < -0.39 is 5.60 Å². The Labute approximate surface area is 150 Å². The van der Waals surface area contributed by atoms with Crippen LogP contribution in [-0.2, 0) is 16.6 Å². The Bertz CT molecular complexity index is 878. The predicted molar refractivity (Wildman–Crippen MR) is 94.8 cm³/mol. The van der Waals surface area contributed by atoms with Gasteiger partial charge in [0.2, 0.25) is 5.91 Å². The average Bonchev–Trinajstić information content (AvgIpc) is 3.13. The number of fused-ring (bicyclic) bond motifs is 1. The molecule has 2 saturated heterocycles. The standard InChI is InChI=1S/C18H20ClN3O3/c1-20-10-18(25-9-16(20)23)5-6-22(11-18)17(24)15-7-12-3-4-13(19)8-14(12)21(15)2/h3-4,7-8H,5-6,9-11H2,1-2H3/t18-/m1/s1. The number of halogens is 1. The summed E-state index contributed by atoms with van der Waals surface area (Å²) in [6.07, 6.45) is 0.742. The van der Waals surface area contributed by atoms with Crippen molar-refractivity contribution in [2.45, 2.75) is 12.0 Å². The molecule has 2 fully saturated rings. The number of aromatic nitrogens is 1. The molecule has 1 aromatic heterocycles. The summed E-state index contributed by atoms with van der Waals surface area (Å²) in [5, 5.41) is 1.64. The Balaban J connectivity index is 1.58. The fourth-order valence-corrected chi connectivity index (χ4v) is 3.99. The highest BCUT2D eigenvalue weighted by molar-refractivity contribution is 6.31. The summed E-state index contributed by atoms with van der Waals surface area (Å²) in [7, 11) is 3.66. The Morgan fingerprint density at radius 2 is 2.04 bits per heavy atom. The summed E-state index contributed by atoms with van der Waals surface area (Å²) >= 11 is 6.07. The van der Waals surface area contributed by atoms with Crippen molar-refractivity contribution in [2.75, 3.05) is 33.3 Å². The van der Waals surface area contributed by atoms with Gasteiger partial charge in [-0.3, -0.25) is 9.59 Å². The van der Waals surface area contributed by atoms with Crippen LogP contribution in [-0.4, -0.2) is 65.1 Å². The van der Waals surface area contributed by atoms with Crippen molar-refractivity contribution in [3.8, 4) is 0 Å². The van der Waals surface area contributed by atoms with Gasteiger partial charge in [-0.05, 0) is 24.6 Å². The lowest BCUT2D eigenvalue weighted by Crippen LogP contribution is -2.54. The fraction of sp³-hybridized carbons (Fsp3) is 0.444. The number of aryl methyl sites for hydroxylation is 1. The van der Waals surface area contributed by atoms with Crippen LogP contribution in [0.2, 0.25) is 5.02 Å². The highest BCUT2D eigenvalue weighted by atomic mass is 35.5. The first kappa shape index (κ1) is 16.4. The highest BCUT2D eigenvalue weighted by Gasteiger charge is 2.45. The van der Waals surface area contributed by atoms with Crippen molar-refractivity contribution in [1.29, 1.82) is 0 Å². The van der Waals surface area contributed by atoms with Crippen molar-refractivity contribution in [2.24, 2.45) is 7.05 Å². The molecule has 25 heavy (non-hydrogen) atoms. The summed E-state index contributed by atoms with van der Waals surface area (Å²) in [5.41, 5.74) is 1.13. The molecule has 2 aliphatic rings. The van der Waals surface area contributed by atoms with Gasteiger partial charge in [-0.15, -0.1) is 0 Å². The van der Waals surface area contributed by atoms with Gasteiger partial charge in [0.1, 0.15) is 17.9 Å². The molecule has 2 amide bonds. The predicted octanol–water partition coefficient (Wildman–Crippen LogP) is 1.91. The fourth-order valence-electron chi connectivity index (χ4n) is 3.83. The Morgan fingerprint density at radius 3 is 2.80 bits per heavy atom. The normalized spacial score (nSPS) is 23.9. The largest absolute Gasteiger partial charge is 0.361 e. The lowest BCUT2D eigenvalue weighted by atomic mass is 10.0. The molecule has 0 bridgehead atoms. The third kappa shape index (κ3) is 2.69. The van der Waals surface area contributed by atoms with Crippen LogP contribution in [0.1, 0.15) is 16.9 Å². The second-order valence-electron chi connectivity index (χ2n) is 6.99. The average molecular weight is 362 g/mol. The van der Waals surface area contributed by atoms with Gasteiger partial charge in [0.25, 0.3) is 5.91 Å². The molecular weight excluding hydrogens is 342 g/mol. The number of likely N-dealkylation sites (tertiary alicyclic amines) is 1. The second kappa shape index (κ2) is 5.75. The first-order chi connectivity index (χ1) is 11.9. The smallest absolute Gasteiger partial charge is 0.270 e. The second-order valence-corrected chi connectivity index (χ2v) is 7.43. The van der Waals surface area contributed by atoms with Crippen LogP contribution in [0.25, 0.3) is 10.9 Å². The van der Waals surface area contributed by atoms with E-state index in [-0.39, 0.29) is 18.4 Å². The first-order valence-electron chi connectivity index (χ1n) is 8.31. The van der Waals surface area contributed by atoms with Crippen molar-refractivity contribution < 1.29 is 14.3 Å². The number of rotatable bonds is 1. The van der Waals surface area contributed by atoms with Gasteiger partial charge in [0.15, 0.2) is 0 Å². The van der Waals surface area contributed by atoms with Crippen molar-refractivity contribution in [1.82, 2.24) is 14.4 Å². The molecule has 0 N–H and O–H groups in total. The minimum atomic E-state index is -0.438. The molecule has 1 aromatic carbocycles. The summed E-state index contributed by atoms with van der Waals surface area (Å²) in [5.74, 6) is -0.0317. The third-order valence-corrected chi connectivity index (χ3v) is 5.52. The molecule has 132 valence electrons. The van der Waals surface area contributed by atoms with E-state index in [1.807, 2.05) is 40.8 Å². The van der Waals surface area contributed by atoms with Crippen LogP contribution in [0.15, 0.2) is 24.3 Å². The number of amides is 2. The minimum absolute atomic E-state index is 0.0130.